The highest BCUT2D eigenvalue weighted by Gasteiger charge is 2.22. The highest BCUT2D eigenvalue weighted by molar-refractivity contribution is 6.17. The van der Waals surface area contributed by atoms with Crippen molar-refractivity contribution in [1.82, 2.24) is 0 Å². The molecule has 0 aliphatic rings. The third-order valence-corrected chi connectivity index (χ3v) is 3.43. The van der Waals surface area contributed by atoms with Gasteiger partial charge in [0.2, 0.25) is 0 Å². The summed E-state index contributed by atoms with van der Waals surface area (Å²) in [6.07, 6.45) is 0. The third-order valence-electron chi connectivity index (χ3n) is 3.26. The second-order valence-corrected chi connectivity index (χ2v) is 4.41. The summed E-state index contributed by atoms with van der Waals surface area (Å²) in [4.78, 5) is 0. The lowest BCUT2D eigenvalue weighted by Crippen LogP contribution is -3.00. The van der Waals surface area contributed by atoms with Gasteiger partial charge in [0.05, 0.1) is 25.5 Å². The first kappa shape index (κ1) is 15.8. The highest BCUT2D eigenvalue weighted by atomic mass is 35.5. The molecule has 1 aromatic carbocycles. The molecule has 0 amide bonds. The van der Waals surface area contributed by atoms with Gasteiger partial charge in [0, 0.05) is 5.56 Å². The van der Waals surface area contributed by atoms with Gasteiger partial charge in [-0.05, 0) is 13.8 Å². The minimum Gasteiger partial charge on any atom is -1.00 e. The molecule has 0 heterocycles. The van der Waals surface area contributed by atoms with E-state index in [-0.39, 0.29) is 12.4 Å². The summed E-state index contributed by atoms with van der Waals surface area (Å²) < 4.78 is 1.09. The van der Waals surface area contributed by atoms with Crippen molar-refractivity contribution < 1.29 is 16.9 Å². The monoisotopic (exact) mass is 261 g/mol. The molecule has 0 bridgehead atoms. The molecule has 92 valence electrons. The van der Waals surface area contributed by atoms with Crippen LogP contribution in [0.5, 0.6) is 0 Å². The molecule has 16 heavy (non-hydrogen) atoms. The SMILES string of the molecule is CC[N+](CC)(CCCl)Cc1ccccc1.[Cl-]. The molecule has 0 aliphatic carbocycles. The molecule has 1 aromatic rings. The molecule has 0 unspecified atom stereocenters. The van der Waals surface area contributed by atoms with Crippen molar-refractivity contribution >= 4 is 11.6 Å². The van der Waals surface area contributed by atoms with Crippen molar-refractivity contribution in [1.29, 1.82) is 0 Å². The maximum absolute atomic E-state index is 5.89. The van der Waals surface area contributed by atoms with Crippen molar-refractivity contribution in [2.75, 3.05) is 25.5 Å². The van der Waals surface area contributed by atoms with Crippen molar-refractivity contribution in [3.05, 3.63) is 35.9 Å². The second-order valence-electron chi connectivity index (χ2n) is 4.03. The molecule has 0 N–H and O–H groups in total. The van der Waals surface area contributed by atoms with Crippen molar-refractivity contribution in [2.45, 2.75) is 20.4 Å². The van der Waals surface area contributed by atoms with Crippen LogP contribution < -0.4 is 12.4 Å². The zero-order valence-electron chi connectivity index (χ0n) is 10.1. The number of alkyl halides is 1. The Hall–Kier alpha value is -0.240. The molecule has 1 nitrogen and oxygen atoms in total. The molecule has 0 spiro atoms. The molecular weight excluding hydrogens is 241 g/mol. The van der Waals surface area contributed by atoms with E-state index in [2.05, 4.69) is 44.2 Å². The van der Waals surface area contributed by atoms with Crippen LogP contribution in [0.4, 0.5) is 0 Å². The van der Waals surface area contributed by atoms with Crippen molar-refractivity contribution in [3.63, 3.8) is 0 Å². The third kappa shape index (κ3) is 4.32. The predicted molar refractivity (Wildman–Crippen MR) is 67.1 cm³/mol. The Morgan fingerprint density at radius 1 is 1.06 bits per heavy atom. The largest absolute Gasteiger partial charge is 1.00 e. The number of rotatable bonds is 6. The molecule has 0 aliphatic heterocycles. The number of hydrogen-bond donors (Lipinski definition) is 0. The van der Waals surface area contributed by atoms with E-state index >= 15 is 0 Å². The van der Waals surface area contributed by atoms with Gasteiger partial charge in [-0.2, -0.15) is 0 Å². The zero-order chi connectivity index (χ0) is 11.1. The van der Waals surface area contributed by atoms with E-state index in [9.17, 15) is 0 Å². The second kappa shape index (κ2) is 7.94. The van der Waals surface area contributed by atoms with Gasteiger partial charge >= 0.3 is 0 Å². The van der Waals surface area contributed by atoms with Crippen LogP contribution in [0.3, 0.4) is 0 Å². The zero-order valence-corrected chi connectivity index (χ0v) is 11.6. The lowest BCUT2D eigenvalue weighted by molar-refractivity contribution is -0.935. The van der Waals surface area contributed by atoms with Crippen LogP contribution in [0.25, 0.3) is 0 Å². The molecule has 0 saturated carbocycles. The van der Waals surface area contributed by atoms with Gasteiger partial charge in [0.15, 0.2) is 0 Å². The van der Waals surface area contributed by atoms with E-state index in [0.29, 0.717) is 0 Å². The molecule has 0 atom stereocenters. The first-order valence-corrected chi connectivity index (χ1v) is 6.25. The molecule has 0 saturated heterocycles. The fourth-order valence-corrected chi connectivity index (χ4v) is 2.35. The number of quaternary nitrogens is 1. The van der Waals surface area contributed by atoms with Crippen LogP contribution in [0, 0.1) is 0 Å². The van der Waals surface area contributed by atoms with E-state index in [4.69, 9.17) is 11.6 Å². The minimum atomic E-state index is 0. The van der Waals surface area contributed by atoms with Crippen LogP contribution in [0.2, 0.25) is 0 Å². The summed E-state index contributed by atoms with van der Waals surface area (Å²) in [5.74, 6) is 0.745. The number of benzene rings is 1. The van der Waals surface area contributed by atoms with Crippen molar-refractivity contribution in [3.8, 4) is 0 Å². The van der Waals surface area contributed by atoms with Gasteiger partial charge < -0.3 is 16.9 Å². The Bertz CT molecular complexity index is 271. The minimum absolute atomic E-state index is 0. The van der Waals surface area contributed by atoms with E-state index in [1.54, 1.807) is 0 Å². The molecule has 0 radical (unpaired) electrons. The fourth-order valence-electron chi connectivity index (χ4n) is 1.99. The summed E-state index contributed by atoms with van der Waals surface area (Å²) in [6.45, 7) is 8.96. The predicted octanol–water partition coefficient (Wildman–Crippen LogP) is 0.286. The van der Waals surface area contributed by atoms with Gasteiger partial charge in [-0.15, -0.1) is 11.6 Å². The van der Waals surface area contributed by atoms with Crippen LogP contribution in [0.1, 0.15) is 19.4 Å². The molecule has 0 fully saturated rings. The standard InChI is InChI=1S/C13H21ClN.ClH/c1-3-15(4-2,11-10-14)12-13-8-6-5-7-9-13;/h5-9H,3-4,10-12H2,1-2H3;1H/q+1;/p-1. The van der Waals surface area contributed by atoms with Crippen LogP contribution >= 0.6 is 11.6 Å². The lowest BCUT2D eigenvalue weighted by Gasteiger charge is -2.36. The summed E-state index contributed by atoms with van der Waals surface area (Å²) in [5, 5.41) is 0. The Labute approximate surface area is 110 Å². The molecular formula is C13H21Cl2N. The summed E-state index contributed by atoms with van der Waals surface area (Å²) >= 11 is 5.89. The summed E-state index contributed by atoms with van der Waals surface area (Å²) in [7, 11) is 0. The normalized spacial score (nSPS) is 10.9. The average Bonchev–Trinajstić information content (AvgIpc) is 2.30. The summed E-state index contributed by atoms with van der Waals surface area (Å²) in [5.41, 5.74) is 1.41. The molecule has 0 aromatic heterocycles. The Kier molecular flexibility index (Phi) is 7.82. The van der Waals surface area contributed by atoms with Crippen LogP contribution in [-0.4, -0.2) is 30.0 Å². The Morgan fingerprint density at radius 2 is 1.62 bits per heavy atom. The smallest absolute Gasteiger partial charge is 0.104 e. The number of hydrogen-bond acceptors (Lipinski definition) is 0. The van der Waals surface area contributed by atoms with Gasteiger partial charge in [0.25, 0.3) is 0 Å². The quantitative estimate of drug-likeness (QED) is 0.510. The maximum atomic E-state index is 5.89. The fraction of sp³-hybridized carbons (Fsp3) is 0.538. The average molecular weight is 262 g/mol. The highest BCUT2D eigenvalue weighted by Crippen LogP contribution is 2.14. The Balaban J connectivity index is 0.00000225. The van der Waals surface area contributed by atoms with Gasteiger partial charge in [-0.25, -0.2) is 0 Å². The Morgan fingerprint density at radius 3 is 2.06 bits per heavy atom. The van der Waals surface area contributed by atoms with Crippen molar-refractivity contribution in [2.24, 2.45) is 0 Å². The first-order chi connectivity index (χ1) is 7.26. The van der Waals surface area contributed by atoms with E-state index in [0.717, 1.165) is 36.5 Å². The first-order valence-electron chi connectivity index (χ1n) is 5.71. The lowest BCUT2D eigenvalue weighted by atomic mass is 10.2. The van der Waals surface area contributed by atoms with E-state index in [1.807, 2.05) is 0 Å². The molecule has 3 heteroatoms. The number of halogens is 2. The van der Waals surface area contributed by atoms with E-state index in [1.165, 1.54) is 5.56 Å². The van der Waals surface area contributed by atoms with Gasteiger partial charge in [-0.3, -0.25) is 0 Å². The van der Waals surface area contributed by atoms with Crippen LogP contribution in [-0.2, 0) is 6.54 Å². The number of nitrogens with zero attached hydrogens (tertiary/aromatic N) is 1. The topological polar surface area (TPSA) is 0 Å². The summed E-state index contributed by atoms with van der Waals surface area (Å²) in [6, 6.07) is 10.7. The maximum Gasteiger partial charge on any atom is 0.104 e. The molecule has 1 rings (SSSR count). The van der Waals surface area contributed by atoms with Gasteiger partial charge in [-0.1, -0.05) is 30.3 Å². The van der Waals surface area contributed by atoms with Crippen LogP contribution in [0.15, 0.2) is 30.3 Å². The van der Waals surface area contributed by atoms with Gasteiger partial charge in [0.1, 0.15) is 6.54 Å². The van der Waals surface area contributed by atoms with E-state index < -0.39 is 0 Å².